The van der Waals surface area contributed by atoms with E-state index in [-0.39, 0.29) is 21.9 Å². The van der Waals surface area contributed by atoms with Crippen LogP contribution in [-0.4, -0.2) is 40.3 Å². The number of hydrogen-bond donors (Lipinski definition) is 0. The lowest BCUT2D eigenvalue weighted by Gasteiger charge is -2.08. The molecule has 2 aromatic carbocycles. The molecule has 2 rings (SSSR count). The Morgan fingerprint density at radius 3 is 1.74 bits per heavy atom. The van der Waals surface area contributed by atoms with E-state index in [0.29, 0.717) is 0 Å². The van der Waals surface area contributed by atoms with Crippen LogP contribution in [0.1, 0.15) is 31.4 Å². The SMILES string of the molecule is CC(=O)C(=O)C(C)CC(C=NOS(=O)(=O)c1ccc(C)cc1)=NOS(=O)(=O)c1ccc(C)cc1. The van der Waals surface area contributed by atoms with Crippen LogP contribution in [0, 0.1) is 19.8 Å². The maximum absolute atomic E-state index is 12.4. The van der Waals surface area contributed by atoms with Gasteiger partial charge in [0.25, 0.3) is 0 Å². The quantitative estimate of drug-likeness (QED) is 0.256. The second-order valence-corrected chi connectivity index (χ2v) is 10.6. The maximum atomic E-state index is 12.4. The summed E-state index contributed by atoms with van der Waals surface area (Å²) < 4.78 is 58.7. The number of hydrogen-bond acceptors (Lipinski definition) is 10. The van der Waals surface area contributed by atoms with E-state index >= 15 is 0 Å². The standard InChI is InChI=1S/C22H24N2O8S2/c1-15-5-9-20(10-6-15)33(27,28)31-23-14-19(13-17(3)22(26)18(4)25)24-32-34(29,30)21-11-7-16(2)8-12-21/h5-12,14,17H,13H2,1-4H3. The van der Waals surface area contributed by atoms with Crippen molar-refractivity contribution in [3.63, 3.8) is 0 Å². The smallest absolute Gasteiger partial charge is 0.291 e. The molecule has 182 valence electrons. The molecule has 0 bridgehead atoms. The Kier molecular flexibility index (Phi) is 8.82. The highest BCUT2D eigenvalue weighted by molar-refractivity contribution is 7.87. The van der Waals surface area contributed by atoms with Crippen molar-refractivity contribution in [1.29, 1.82) is 0 Å². The summed E-state index contributed by atoms with van der Waals surface area (Å²) in [4.78, 5) is 23.0. The van der Waals surface area contributed by atoms with Crippen molar-refractivity contribution in [2.45, 2.75) is 43.9 Å². The van der Waals surface area contributed by atoms with Gasteiger partial charge in [0.1, 0.15) is 15.5 Å². The van der Waals surface area contributed by atoms with Crippen LogP contribution < -0.4 is 0 Å². The lowest BCUT2D eigenvalue weighted by atomic mass is 9.97. The first-order valence-corrected chi connectivity index (χ1v) is 12.8. The van der Waals surface area contributed by atoms with Gasteiger partial charge in [0.05, 0.1) is 6.21 Å². The van der Waals surface area contributed by atoms with Crippen LogP contribution in [0.4, 0.5) is 0 Å². The van der Waals surface area contributed by atoms with Crippen molar-refractivity contribution >= 4 is 43.7 Å². The van der Waals surface area contributed by atoms with Gasteiger partial charge < -0.3 is 0 Å². The molecular weight excluding hydrogens is 484 g/mol. The van der Waals surface area contributed by atoms with Gasteiger partial charge in [0.2, 0.25) is 5.78 Å². The van der Waals surface area contributed by atoms with Gasteiger partial charge >= 0.3 is 20.2 Å². The Morgan fingerprint density at radius 2 is 1.29 bits per heavy atom. The van der Waals surface area contributed by atoms with E-state index in [4.69, 9.17) is 4.28 Å². The van der Waals surface area contributed by atoms with Crippen molar-refractivity contribution in [1.82, 2.24) is 0 Å². The van der Waals surface area contributed by atoms with E-state index in [2.05, 4.69) is 14.6 Å². The third-order valence-electron chi connectivity index (χ3n) is 4.52. The number of oxime groups is 2. The van der Waals surface area contributed by atoms with Crippen LogP contribution in [0.5, 0.6) is 0 Å². The first kappa shape index (κ1) is 26.9. The number of rotatable bonds is 11. The fourth-order valence-electron chi connectivity index (χ4n) is 2.60. The Hall–Kier alpha value is -3.38. The predicted molar refractivity (Wildman–Crippen MR) is 124 cm³/mol. The van der Waals surface area contributed by atoms with Crippen LogP contribution in [0.2, 0.25) is 0 Å². The first-order chi connectivity index (χ1) is 15.8. The number of ketones is 2. The van der Waals surface area contributed by atoms with Crippen molar-refractivity contribution < 1.29 is 35.0 Å². The summed E-state index contributed by atoms with van der Waals surface area (Å²) in [5.74, 6) is -2.33. The molecule has 0 heterocycles. The van der Waals surface area contributed by atoms with E-state index in [1.807, 2.05) is 0 Å². The highest BCUT2D eigenvalue weighted by atomic mass is 32.2. The van der Waals surface area contributed by atoms with Crippen molar-refractivity contribution in [2.24, 2.45) is 16.2 Å². The molecule has 0 N–H and O–H groups in total. The van der Waals surface area contributed by atoms with Crippen molar-refractivity contribution in [3.05, 3.63) is 59.7 Å². The molecule has 0 amide bonds. The van der Waals surface area contributed by atoms with Crippen LogP contribution in [0.25, 0.3) is 0 Å². The topological polar surface area (TPSA) is 146 Å². The lowest BCUT2D eigenvalue weighted by molar-refractivity contribution is -0.137. The minimum absolute atomic E-state index is 0.146. The molecule has 10 nitrogen and oxygen atoms in total. The van der Waals surface area contributed by atoms with Gasteiger partial charge in [-0.15, -0.1) is 0 Å². The number of benzene rings is 2. The molecule has 0 spiro atoms. The third-order valence-corrected chi connectivity index (χ3v) is 6.78. The van der Waals surface area contributed by atoms with E-state index in [9.17, 15) is 26.4 Å². The highest BCUT2D eigenvalue weighted by Crippen LogP contribution is 2.16. The molecule has 1 atom stereocenters. The zero-order valence-electron chi connectivity index (χ0n) is 19.0. The number of nitrogens with zero attached hydrogens (tertiary/aromatic N) is 2. The fourth-order valence-corrected chi connectivity index (χ4v) is 4.06. The lowest BCUT2D eigenvalue weighted by Crippen LogP contribution is -2.22. The molecule has 12 heteroatoms. The van der Waals surface area contributed by atoms with E-state index in [0.717, 1.165) is 24.3 Å². The van der Waals surface area contributed by atoms with E-state index in [1.54, 1.807) is 38.1 Å². The van der Waals surface area contributed by atoms with Crippen LogP contribution in [0.3, 0.4) is 0 Å². The maximum Gasteiger partial charge on any atom is 0.358 e. The second kappa shape index (κ2) is 11.2. The number of Topliss-reactive ketones (excluding diaryl/α,β-unsaturated/α-hetero) is 2. The first-order valence-electron chi connectivity index (χ1n) is 9.97. The third kappa shape index (κ3) is 7.59. The molecule has 1 unspecified atom stereocenters. The van der Waals surface area contributed by atoms with Gasteiger partial charge in [-0.25, -0.2) is 0 Å². The van der Waals surface area contributed by atoms with Crippen LogP contribution in [0.15, 0.2) is 68.6 Å². The Bertz CT molecular complexity index is 1310. The highest BCUT2D eigenvalue weighted by Gasteiger charge is 2.22. The summed E-state index contributed by atoms with van der Waals surface area (Å²) in [7, 11) is -8.56. The second-order valence-electron chi connectivity index (χ2n) is 7.53. The zero-order chi connectivity index (χ0) is 25.5. The molecule has 0 aliphatic heterocycles. The summed E-state index contributed by atoms with van der Waals surface area (Å²) in [6.07, 6.45) is 0.541. The van der Waals surface area contributed by atoms with Gasteiger partial charge in [-0.3, -0.25) is 18.2 Å². The summed E-state index contributed by atoms with van der Waals surface area (Å²) in [6, 6.07) is 11.6. The number of aryl methyl sites for hydroxylation is 2. The average molecular weight is 509 g/mol. The van der Waals surface area contributed by atoms with Crippen LogP contribution >= 0.6 is 0 Å². The molecule has 2 aromatic rings. The molecule has 0 saturated carbocycles. The molecule has 0 radical (unpaired) electrons. The minimum Gasteiger partial charge on any atom is -0.291 e. The van der Waals surface area contributed by atoms with Gasteiger partial charge in [0.15, 0.2) is 5.78 Å². The minimum atomic E-state index is -4.31. The van der Waals surface area contributed by atoms with Gasteiger partial charge in [-0.1, -0.05) is 52.6 Å². The molecule has 0 aliphatic rings. The normalized spacial score (nSPS) is 13.5. The number of carbonyl (C=O) groups excluding carboxylic acids is 2. The Balaban J connectivity index is 2.27. The molecule has 0 fully saturated rings. The zero-order valence-corrected chi connectivity index (χ0v) is 20.6. The van der Waals surface area contributed by atoms with Gasteiger partial charge in [-0.2, -0.15) is 16.8 Å². The Labute approximate surface area is 198 Å². The summed E-state index contributed by atoms with van der Waals surface area (Å²) in [5.41, 5.74) is 1.43. The molecule has 0 saturated heterocycles. The van der Waals surface area contributed by atoms with Crippen LogP contribution in [-0.2, 0) is 38.4 Å². The average Bonchev–Trinajstić information content (AvgIpc) is 2.77. The summed E-state index contributed by atoms with van der Waals surface area (Å²) in [5, 5.41) is 6.89. The molecule has 34 heavy (non-hydrogen) atoms. The molecular formula is C22H24N2O8S2. The fraction of sp³-hybridized carbons (Fsp3) is 0.273. The van der Waals surface area contributed by atoms with E-state index in [1.165, 1.54) is 31.2 Å². The van der Waals surface area contributed by atoms with Crippen molar-refractivity contribution in [3.8, 4) is 0 Å². The predicted octanol–water partition coefficient (Wildman–Crippen LogP) is 2.94. The Morgan fingerprint density at radius 1 is 0.853 bits per heavy atom. The largest absolute Gasteiger partial charge is 0.358 e. The summed E-state index contributed by atoms with van der Waals surface area (Å²) >= 11 is 0. The van der Waals surface area contributed by atoms with Gasteiger partial charge in [0, 0.05) is 19.3 Å². The molecule has 0 aromatic heterocycles. The van der Waals surface area contributed by atoms with Crippen molar-refractivity contribution in [2.75, 3.05) is 0 Å². The summed E-state index contributed by atoms with van der Waals surface area (Å²) in [6.45, 7) is 6.08. The number of carbonyl (C=O) groups is 2. The van der Waals surface area contributed by atoms with Gasteiger partial charge in [-0.05, 0) is 38.1 Å². The monoisotopic (exact) mass is 508 g/mol. The van der Waals surface area contributed by atoms with E-state index < -0.39 is 37.7 Å². The molecule has 0 aliphatic carbocycles.